The van der Waals surface area contributed by atoms with Gasteiger partial charge in [0.15, 0.2) is 0 Å². The molecule has 0 heterocycles. The number of rotatable bonds is 8. The molecule has 1 N–H and O–H groups in total. The van der Waals surface area contributed by atoms with Gasteiger partial charge in [0.2, 0.25) is 0 Å². The Labute approximate surface area is 111 Å². The molecule has 18 heavy (non-hydrogen) atoms. The Balaban J connectivity index is 2.28. The zero-order chi connectivity index (χ0) is 13.4. The molecular weight excluding hydrogens is 224 g/mol. The van der Waals surface area contributed by atoms with Crippen LogP contribution in [0.2, 0.25) is 0 Å². The van der Waals surface area contributed by atoms with Crippen LogP contribution in [0.25, 0.3) is 0 Å². The highest BCUT2D eigenvalue weighted by Gasteiger charge is 1.97. The van der Waals surface area contributed by atoms with Crippen molar-refractivity contribution in [3.8, 4) is 5.75 Å². The monoisotopic (exact) mass is 250 g/mol. The molecule has 0 unspecified atom stereocenters. The average molecular weight is 250 g/mol. The van der Waals surface area contributed by atoms with E-state index in [2.05, 4.69) is 36.2 Å². The van der Waals surface area contributed by atoms with Crippen molar-refractivity contribution in [1.82, 2.24) is 4.90 Å². The van der Waals surface area contributed by atoms with Crippen molar-refractivity contribution in [2.45, 2.75) is 20.3 Å². The SMILES string of the molecule is CC(C)CCNc1ccc(OCCN(C)C)cc1. The zero-order valence-corrected chi connectivity index (χ0v) is 12.1. The van der Waals surface area contributed by atoms with Crippen LogP contribution in [0.4, 0.5) is 5.69 Å². The molecule has 102 valence electrons. The van der Waals surface area contributed by atoms with Gasteiger partial charge in [-0.2, -0.15) is 0 Å². The second-order valence-corrected chi connectivity index (χ2v) is 5.29. The Morgan fingerprint density at radius 1 is 1.17 bits per heavy atom. The van der Waals surface area contributed by atoms with E-state index in [1.807, 2.05) is 26.2 Å². The van der Waals surface area contributed by atoms with Crippen LogP contribution in [0.1, 0.15) is 20.3 Å². The number of benzene rings is 1. The number of ether oxygens (including phenoxy) is 1. The van der Waals surface area contributed by atoms with E-state index in [1.165, 1.54) is 6.42 Å². The number of anilines is 1. The smallest absolute Gasteiger partial charge is 0.119 e. The molecule has 0 saturated carbocycles. The molecule has 1 aromatic rings. The van der Waals surface area contributed by atoms with E-state index in [0.717, 1.165) is 37.1 Å². The summed E-state index contributed by atoms with van der Waals surface area (Å²) in [6, 6.07) is 8.19. The molecule has 1 rings (SSSR count). The Hall–Kier alpha value is -1.22. The second kappa shape index (κ2) is 7.98. The van der Waals surface area contributed by atoms with E-state index in [0.29, 0.717) is 0 Å². The largest absolute Gasteiger partial charge is 0.492 e. The van der Waals surface area contributed by atoms with Crippen molar-refractivity contribution in [2.75, 3.05) is 39.1 Å². The van der Waals surface area contributed by atoms with Crippen LogP contribution in [-0.4, -0.2) is 38.7 Å². The lowest BCUT2D eigenvalue weighted by Crippen LogP contribution is -2.19. The van der Waals surface area contributed by atoms with Crippen molar-refractivity contribution < 1.29 is 4.74 Å². The van der Waals surface area contributed by atoms with Gasteiger partial charge in [0.25, 0.3) is 0 Å². The molecule has 0 fully saturated rings. The van der Waals surface area contributed by atoms with Gasteiger partial charge in [-0.15, -0.1) is 0 Å². The first-order valence-corrected chi connectivity index (χ1v) is 6.69. The molecule has 3 heteroatoms. The van der Waals surface area contributed by atoms with Crippen molar-refractivity contribution >= 4 is 5.69 Å². The molecule has 0 bridgehead atoms. The summed E-state index contributed by atoms with van der Waals surface area (Å²) in [6.45, 7) is 7.17. The van der Waals surface area contributed by atoms with Crippen molar-refractivity contribution in [1.29, 1.82) is 0 Å². The molecule has 0 aliphatic heterocycles. The van der Waals surface area contributed by atoms with Gasteiger partial charge < -0.3 is 15.0 Å². The van der Waals surface area contributed by atoms with Gasteiger partial charge in [0.1, 0.15) is 12.4 Å². The van der Waals surface area contributed by atoms with Crippen LogP contribution in [0.3, 0.4) is 0 Å². The number of hydrogen-bond donors (Lipinski definition) is 1. The summed E-state index contributed by atoms with van der Waals surface area (Å²) in [6.07, 6.45) is 1.20. The van der Waals surface area contributed by atoms with Gasteiger partial charge in [-0.05, 0) is 50.7 Å². The fourth-order valence-corrected chi connectivity index (χ4v) is 1.52. The number of nitrogens with zero attached hydrogens (tertiary/aromatic N) is 1. The first-order valence-electron chi connectivity index (χ1n) is 6.69. The summed E-state index contributed by atoms with van der Waals surface area (Å²) in [5, 5.41) is 3.41. The normalized spacial score (nSPS) is 11.0. The van der Waals surface area contributed by atoms with E-state index in [1.54, 1.807) is 0 Å². The summed E-state index contributed by atoms with van der Waals surface area (Å²) in [5.74, 6) is 1.68. The van der Waals surface area contributed by atoms with E-state index < -0.39 is 0 Å². The van der Waals surface area contributed by atoms with E-state index >= 15 is 0 Å². The lowest BCUT2D eigenvalue weighted by Gasteiger charge is -2.12. The van der Waals surface area contributed by atoms with Crippen LogP contribution in [0.5, 0.6) is 5.75 Å². The molecule has 0 aliphatic carbocycles. The van der Waals surface area contributed by atoms with Crippen LogP contribution >= 0.6 is 0 Å². The molecule has 3 nitrogen and oxygen atoms in total. The molecule has 0 saturated heterocycles. The third-order valence-electron chi connectivity index (χ3n) is 2.71. The highest BCUT2D eigenvalue weighted by atomic mass is 16.5. The topological polar surface area (TPSA) is 24.5 Å². The predicted molar refractivity (Wildman–Crippen MR) is 78.4 cm³/mol. The highest BCUT2D eigenvalue weighted by molar-refractivity contribution is 5.46. The number of nitrogens with one attached hydrogen (secondary N) is 1. The third kappa shape index (κ3) is 6.50. The minimum Gasteiger partial charge on any atom is -0.492 e. The van der Waals surface area contributed by atoms with E-state index in [4.69, 9.17) is 4.74 Å². The van der Waals surface area contributed by atoms with Crippen LogP contribution in [0, 0.1) is 5.92 Å². The highest BCUT2D eigenvalue weighted by Crippen LogP contribution is 2.15. The average Bonchev–Trinajstić information content (AvgIpc) is 2.30. The van der Waals surface area contributed by atoms with Crippen molar-refractivity contribution in [3.63, 3.8) is 0 Å². The fraction of sp³-hybridized carbons (Fsp3) is 0.600. The molecule has 1 aromatic carbocycles. The predicted octanol–water partition coefficient (Wildman–Crippen LogP) is 3.09. The van der Waals surface area contributed by atoms with Gasteiger partial charge >= 0.3 is 0 Å². The third-order valence-corrected chi connectivity index (χ3v) is 2.71. The van der Waals surface area contributed by atoms with Crippen molar-refractivity contribution in [3.05, 3.63) is 24.3 Å². The standard InChI is InChI=1S/C15H26N2O/c1-13(2)9-10-16-14-5-7-15(8-6-14)18-12-11-17(3)4/h5-8,13,16H,9-12H2,1-4H3. The molecule has 0 atom stereocenters. The minimum absolute atomic E-state index is 0.729. The molecule has 0 aliphatic rings. The zero-order valence-electron chi connectivity index (χ0n) is 12.1. The van der Waals surface area contributed by atoms with Gasteiger partial charge in [-0.3, -0.25) is 0 Å². The quantitative estimate of drug-likeness (QED) is 0.767. The molecule has 0 spiro atoms. The maximum absolute atomic E-state index is 5.65. The summed E-state index contributed by atoms with van der Waals surface area (Å²) >= 11 is 0. The lowest BCUT2D eigenvalue weighted by molar-refractivity contribution is 0.261. The van der Waals surface area contributed by atoms with Gasteiger partial charge in [0.05, 0.1) is 0 Å². The summed E-state index contributed by atoms with van der Waals surface area (Å²) < 4.78 is 5.65. The minimum atomic E-state index is 0.729. The van der Waals surface area contributed by atoms with Crippen LogP contribution < -0.4 is 10.1 Å². The lowest BCUT2D eigenvalue weighted by atomic mass is 10.1. The van der Waals surface area contributed by atoms with Crippen LogP contribution in [0.15, 0.2) is 24.3 Å². The molecule has 0 radical (unpaired) electrons. The molecular formula is C15H26N2O. The van der Waals surface area contributed by atoms with E-state index in [-0.39, 0.29) is 0 Å². The molecule has 0 aromatic heterocycles. The van der Waals surface area contributed by atoms with Crippen molar-refractivity contribution in [2.24, 2.45) is 5.92 Å². The Morgan fingerprint density at radius 3 is 2.39 bits per heavy atom. The second-order valence-electron chi connectivity index (χ2n) is 5.29. The summed E-state index contributed by atoms with van der Waals surface area (Å²) in [7, 11) is 4.09. The Morgan fingerprint density at radius 2 is 1.83 bits per heavy atom. The first kappa shape index (κ1) is 14.8. The fourth-order valence-electron chi connectivity index (χ4n) is 1.52. The molecule has 0 amide bonds. The summed E-state index contributed by atoms with van der Waals surface area (Å²) in [4.78, 5) is 2.11. The Kier molecular flexibility index (Phi) is 6.58. The van der Waals surface area contributed by atoms with E-state index in [9.17, 15) is 0 Å². The maximum Gasteiger partial charge on any atom is 0.119 e. The first-order chi connectivity index (χ1) is 8.58. The summed E-state index contributed by atoms with van der Waals surface area (Å²) in [5.41, 5.74) is 1.16. The number of hydrogen-bond acceptors (Lipinski definition) is 3. The number of likely N-dealkylation sites (N-methyl/N-ethyl adjacent to an activating group) is 1. The van der Waals surface area contributed by atoms with Gasteiger partial charge in [-0.1, -0.05) is 13.8 Å². The van der Waals surface area contributed by atoms with Gasteiger partial charge in [0, 0.05) is 18.8 Å². The maximum atomic E-state index is 5.65. The van der Waals surface area contributed by atoms with Crippen LogP contribution in [-0.2, 0) is 0 Å². The Bertz CT molecular complexity index is 287. The van der Waals surface area contributed by atoms with Gasteiger partial charge in [-0.25, -0.2) is 0 Å².